The Morgan fingerprint density at radius 1 is 1.03 bits per heavy atom. The van der Waals surface area contributed by atoms with Crippen molar-refractivity contribution in [2.75, 3.05) is 26.2 Å². The smallest absolute Gasteiger partial charge is 0.259 e. The number of rotatable bonds is 6. The van der Waals surface area contributed by atoms with Gasteiger partial charge in [0.25, 0.3) is 11.8 Å². The van der Waals surface area contributed by atoms with Gasteiger partial charge >= 0.3 is 0 Å². The minimum atomic E-state index is -4.31. The van der Waals surface area contributed by atoms with Crippen molar-refractivity contribution in [3.63, 3.8) is 0 Å². The third-order valence-electron chi connectivity index (χ3n) is 4.87. The molecule has 172 valence electrons. The first-order valence-electron chi connectivity index (χ1n) is 9.68. The largest absolute Gasteiger partial charge is 0.352 e. The standard InChI is InChI=1S/C20H21F3N4O4S/c21-14-3-5-15(6-4-14)32(30,31)27-11-1-10-26(19(27)18(28)25-9-8-24)20(29)13-2-7-16(22)17(23)12-13/h2-7,12,19H,1,8-11,24H2,(H,25,28). The van der Waals surface area contributed by atoms with E-state index in [1.165, 1.54) is 0 Å². The molecule has 0 radical (unpaired) electrons. The number of hydrogen-bond acceptors (Lipinski definition) is 5. The summed E-state index contributed by atoms with van der Waals surface area (Å²) < 4.78 is 67.6. The van der Waals surface area contributed by atoms with Gasteiger partial charge in [0.1, 0.15) is 5.82 Å². The van der Waals surface area contributed by atoms with Crippen LogP contribution in [0.2, 0.25) is 0 Å². The second kappa shape index (κ2) is 9.67. The Bertz CT molecular complexity index is 1110. The van der Waals surface area contributed by atoms with Gasteiger partial charge in [-0.15, -0.1) is 0 Å². The van der Waals surface area contributed by atoms with Gasteiger partial charge in [0.05, 0.1) is 4.90 Å². The molecule has 0 aromatic heterocycles. The number of nitrogens with one attached hydrogen (secondary N) is 1. The average Bonchev–Trinajstić information content (AvgIpc) is 2.78. The quantitative estimate of drug-likeness (QED) is 0.655. The fourth-order valence-electron chi connectivity index (χ4n) is 3.36. The Balaban J connectivity index is 2.02. The summed E-state index contributed by atoms with van der Waals surface area (Å²) in [7, 11) is -4.31. The first kappa shape index (κ1) is 23.7. The molecule has 12 heteroatoms. The fourth-order valence-corrected chi connectivity index (χ4v) is 4.95. The zero-order valence-electron chi connectivity index (χ0n) is 16.8. The molecule has 1 aliphatic rings. The molecule has 2 aromatic rings. The van der Waals surface area contributed by atoms with Crippen molar-refractivity contribution in [1.82, 2.24) is 14.5 Å². The molecule has 2 amide bonds. The first-order chi connectivity index (χ1) is 15.2. The van der Waals surface area contributed by atoms with Crippen molar-refractivity contribution in [3.8, 4) is 0 Å². The fraction of sp³-hybridized carbons (Fsp3) is 0.300. The summed E-state index contributed by atoms with van der Waals surface area (Å²) >= 11 is 0. The molecule has 2 aromatic carbocycles. The van der Waals surface area contributed by atoms with Gasteiger partial charge < -0.3 is 16.0 Å². The molecule has 0 saturated carbocycles. The lowest BCUT2D eigenvalue weighted by Crippen LogP contribution is -2.63. The van der Waals surface area contributed by atoms with Crippen molar-refractivity contribution in [2.45, 2.75) is 17.5 Å². The van der Waals surface area contributed by atoms with Gasteiger partial charge in [-0.2, -0.15) is 4.31 Å². The number of carbonyl (C=O) groups excluding carboxylic acids is 2. The number of hydrogen-bond donors (Lipinski definition) is 2. The lowest BCUT2D eigenvalue weighted by Gasteiger charge is -2.41. The highest BCUT2D eigenvalue weighted by molar-refractivity contribution is 7.89. The zero-order valence-corrected chi connectivity index (χ0v) is 17.6. The summed E-state index contributed by atoms with van der Waals surface area (Å²) in [5.41, 5.74) is 5.16. The Morgan fingerprint density at radius 3 is 2.34 bits per heavy atom. The summed E-state index contributed by atoms with van der Waals surface area (Å²) in [6.07, 6.45) is -1.43. The van der Waals surface area contributed by atoms with Crippen LogP contribution in [0.5, 0.6) is 0 Å². The summed E-state index contributed by atoms with van der Waals surface area (Å²) in [5.74, 6) is -4.71. The van der Waals surface area contributed by atoms with Crippen LogP contribution in [0.1, 0.15) is 16.8 Å². The van der Waals surface area contributed by atoms with Crippen molar-refractivity contribution in [1.29, 1.82) is 0 Å². The molecule has 8 nitrogen and oxygen atoms in total. The van der Waals surface area contributed by atoms with Crippen LogP contribution in [0, 0.1) is 17.5 Å². The zero-order chi connectivity index (χ0) is 23.5. The highest BCUT2D eigenvalue weighted by atomic mass is 32.2. The lowest BCUT2D eigenvalue weighted by atomic mass is 10.1. The van der Waals surface area contributed by atoms with Gasteiger partial charge in [-0.1, -0.05) is 0 Å². The maximum Gasteiger partial charge on any atom is 0.259 e. The third kappa shape index (κ3) is 4.76. The molecule has 3 N–H and O–H groups in total. The van der Waals surface area contributed by atoms with E-state index < -0.39 is 45.5 Å². The number of carbonyl (C=O) groups is 2. The van der Waals surface area contributed by atoms with E-state index in [1.807, 2.05) is 0 Å². The molecular weight excluding hydrogens is 449 g/mol. The van der Waals surface area contributed by atoms with Crippen LogP contribution in [0.3, 0.4) is 0 Å². The first-order valence-corrected chi connectivity index (χ1v) is 11.1. The van der Waals surface area contributed by atoms with Gasteiger partial charge in [0, 0.05) is 31.7 Å². The highest BCUT2D eigenvalue weighted by Crippen LogP contribution is 2.26. The molecular formula is C20H21F3N4O4S. The monoisotopic (exact) mass is 470 g/mol. The molecule has 3 rings (SSSR count). The van der Waals surface area contributed by atoms with Crippen LogP contribution >= 0.6 is 0 Å². The van der Waals surface area contributed by atoms with Gasteiger partial charge in [-0.3, -0.25) is 9.59 Å². The topological polar surface area (TPSA) is 113 Å². The van der Waals surface area contributed by atoms with E-state index in [0.717, 1.165) is 45.6 Å². The number of nitrogens with zero attached hydrogens (tertiary/aromatic N) is 2. The van der Waals surface area contributed by atoms with E-state index in [0.29, 0.717) is 6.07 Å². The third-order valence-corrected chi connectivity index (χ3v) is 6.74. The number of sulfonamides is 1. The molecule has 0 aliphatic carbocycles. The van der Waals surface area contributed by atoms with Gasteiger partial charge in [-0.05, 0) is 48.9 Å². The minimum Gasteiger partial charge on any atom is -0.352 e. The Hall–Kier alpha value is -2.96. The van der Waals surface area contributed by atoms with Crippen molar-refractivity contribution in [3.05, 3.63) is 65.5 Å². The normalized spacial score (nSPS) is 17.2. The Labute approximate surface area is 182 Å². The number of benzene rings is 2. The van der Waals surface area contributed by atoms with E-state index in [2.05, 4.69) is 5.32 Å². The number of nitrogens with two attached hydrogens (primary N) is 1. The van der Waals surface area contributed by atoms with Crippen molar-refractivity contribution < 1.29 is 31.2 Å². The average molecular weight is 470 g/mol. The lowest BCUT2D eigenvalue weighted by molar-refractivity contribution is -0.130. The van der Waals surface area contributed by atoms with E-state index in [4.69, 9.17) is 5.73 Å². The number of halogens is 3. The predicted molar refractivity (Wildman–Crippen MR) is 108 cm³/mol. The Morgan fingerprint density at radius 2 is 1.72 bits per heavy atom. The van der Waals surface area contributed by atoms with E-state index in [9.17, 15) is 31.2 Å². The van der Waals surface area contributed by atoms with Crippen LogP contribution < -0.4 is 11.1 Å². The Kier molecular flexibility index (Phi) is 7.16. The second-order valence-corrected chi connectivity index (χ2v) is 8.89. The summed E-state index contributed by atoms with van der Waals surface area (Å²) in [6.45, 7) is -0.0107. The minimum absolute atomic E-state index is 0.00597. The molecule has 1 unspecified atom stereocenters. The summed E-state index contributed by atoms with van der Waals surface area (Å²) in [4.78, 5) is 26.7. The van der Waals surface area contributed by atoms with Gasteiger partial charge in [-0.25, -0.2) is 21.6 Å². The molecule has 0 bridgehead atoms. The molecule has 32 heavy (non-hydrogen) atoms. The van der Waals surface area contributed by atoms with Crippen molar-refractivity contribution in [2.24, 2.45) is 5.73 Å². The molecule has 1 fully saturated rings. The maximum atomic E-state index is 13.7. The molecule has 1 aliphatic heterocycles. The molecule has 1 heterocycles. The van der Waals surface area contributed by atoms with Crippen LogP contribution in [0.4, 0.5) is 13.2 Å². The summed E-state index contributed by atoms with van der Waals surface area (Å²) in [6, 6.07) is 6.52. The number of amides is 2. The van der Waals surface area contributed by atoms with Crippen LogP contribution in [0.25, 0.3) is 0 Å². The summed E-state index contributed by atoms with van der Waals surface area (Å²) in [5, 5.41) is 2.46. The van der Waals surface area contributed by atoms with Crippen molar-refractivity contribution >= 4 is 21.8 Å². The molecule has 1 saturated heterocycles. The maximum absolute atomic E-state index is 13.7. The van der Waals surface area contributed by atoms with Crippen LogP contribution in [-0.4, -0.2) is 61.8 Å². The van der Waals surface area contributed by atoms with Gasteiger partial charge in [0.15, 0.2) is 17.8 Å². The van der Waals surface area contributed by atoms with Crippen LogP contribution in [0.15, 0.2) is 47.4 Å². The second-order valence-electron chi connectivity index (χ2n) is 7.00. The SMILES string of the molecule is NCCNC(=O)C1N(C(=O)c2ccc(F)c(F)c2)CCCN1S(=O)(=O)c1ccc(F)cc1. The van der Waals surface area contributed by atoms with E-state index in [1.54, 1.807) is 0 Å². The molecule has 1 atom stereocenters. The van der Waals surface area contributed by atoms with E-state index >= 15 is 0 Å². The highest BCUT2D eigenvalue weighted by Gasteiger charge is 2.44. The molecule has 0 spiro atoms. The van der Waals surface area contributed by atoms with Crippen LogP contribution in [-0.2, 0) is 14.8 Å². The van der Waals surface area contributed by atoms with E-state index in [-0.39, 0.29) is 43.1 Å². The predicted octanol–water partition coefficient (Wildman–Crippen LogP) is 1.04. The van der Waals surface area contributed by atoms with Gasteiger partial charge in [0.2, 0.25) is 10.0 Å².